The summed E-state index contributed by atoms with van der Waals surface area (Å²) in [4.78, 5) is 5.01. The van der Waals surface area contributed by atoms with E-state index in [1.54, 1.807) is 0 Å². The highest BCUT2D eigenvalue weighted by molar-refractivity contribution is 6.25. The van der Waals surface area contributed by atoms with Gasteiger partial charge in [-0.15, -0.1) is 0 Å². The van der Waals surface area contributed by atoms with Crippen LogP contribution in [0.2, 0.25) is 0 Å². The monoisotopic (exact) mass is 920 g/mol. The molecule has 12 aromatic carbocycles. The molecule has 0 fully saturated rings. The molecule has 0 aliphatic carbocycles. The van der Waals surface area contributed by atoms with Gasteiger partial charge in [-0.25, -0.2) is 0 Å². The van der Waals surface area contributed by atoms with Gasteiger partial charge >= 0.3 is 0 Å². The number of benzene rings is 12. The first-order chi connectivity index (χ1) is 35.3. The van der Waals surface area contributed by atoms with Crippen LogP contribution in [-0.4, -0.2) is 0 Å². The smallest absolute Gasteiger partial charge is 0.0502 e. The van der Waals surface area contributed by atoms with E-state index in [0.717, 1.165) is 11.4 Å². The van der Waals surface area contributed by atoms with Gasteiger partial charge in [0.15, 0.2) is 0 Å². The molecular weight excluding hydrogens is 869 g/mol. The summed E-state index contributed by atoms with van der Waals surface area (Å²) in [5, 5.41) is 9.76. The number of rotatable bonds is 5. The Balaban J connectivity index is 1.13. The van der Waals surface area contributed by atoms with E-state index in [4.69, 9.17) is 0 Å². The molecule has 0 N–H and O–H groups in total. The molecule has 0 unspecified atom stereocenters. The Hall–Kier alpha value is -8.72. The van der Waals surface area contributed by atoms with Crippen LogP contribution < -0.4 is 9.80 Å². The molecule has 0 bridgehead atoms. The topological polar surface area (TPSA) is 6.48 Å². The van der Waals surface area contributed by atoms with Gasteiger partial charge in [0.2, 0.25) is 0 Å². The third-order valence-corrected chi connectivity index (χ3v) is 16.2. The van der Waals surface area contributed by atoms with Crippen molar-refractivity contribution in [2.45, 2.75) is 38.5 Å². The van der Waals surface area contributed by atoms with E-state index in [-0.39, 0.29) is 10.8 Å². The number of hydrogen-bond acceptors (Lipinski definition) is 2. The van der Waals surface area contributed by atoms with Crippen LogP contribution >= 0.6 is 0 Å². The molecule has 2 heterocycles. The molecule has 0 amide bonds. The summed E-state index contributed by atoms with van der Waals surface area (Å²) >= 11 is 0. The number of para-hydroxylation sites is 4. The molecular formula is C70H52N2. The maximum atomic E-state index is 2.51. The first-order valence-corrected chi connectivity index (χ1v) is 25.3. The lowest BCUT2D eigenvalue weighted by Gasteiger charge is -2.42. The molecule has 14 rings (SSSR count). The van der Waals surface area contributed by atoms with Crippen LogP contribution in [0.25, 0.3) is 76.5 Å². The van der Waals surface area contributed by atoms with Crippen molar-refractivity contribution < 1.29 is 0 Å². The minimum atomic E-state index is -0.176. The average molecular weight is 921 g/mol. The fourth-order valence-electron chi connectivity index (χ4n) is 12.7. The lowest BCUT2D eigenvalue weighted by atomic mass is 9.73. The zero-order valence-electron chi connectivity index (χ0n) is 41.0. The minimum absolute atomic E-state index is 0.173. The standard InChI is InChI=1S/C70H52N2/c1-69(2)59-28-11-15-32-63(59)71(64-33-16-12-29-60(64)69)49-39-41-56-57(43-49)67(53-26-10-9-25-52(53)48-37-36-45-20-5-6-22-47(45)42-48)55-40-38-50(44-58(55)68(56)54-27-19-23-46-21-7-8-24-51(46)54)72-65-34-17-13-30-61(65)70(3,4)62-31-14-18-35-66(62)72/h5-44H,1-4H3. The Morgan fingerprint density at radius 2 is 0.667 bits per heavy atom. The van der Waals surface area contributed by atoms with Crippen LogP contribution in [0.1, 0.15) is 49.9 Å². The van der Waals surface area contributed by atoms with E-state index in [0.29, 0.717) is 0 Å². The quantitative estimate of drug-likeness (QED) is 0.159. The van der Waals surface area contributed by atoms with Crippen LogP contribution in [0.15, 0.2) is 243 Å². The van der Waals surface area contributed by atoms with Crippen molar-refractivity contribution in [1.29, 1.82) is 0 Å². The highest BCUT2D eigenvalue weighted by Gasteiger charge is 2.38. The molecule has 0 aromatic heterocycles. The van der Waals surface area contributed by atoms with Crippen molar-refractivity contribution in [3.8, 4) is 33.4 Å². The average Bonchev–Trinajstić information content (AvgIpc) is 3.43. The second-order valence-electron chi connectivity index (χ2n) is 20.8. The van der Waals surface area contributed by atoms with Gasteiger partial charge in [0.1, 0.15) is 0 Å². The molecule has 0 radical (unpaired) electrons. The van der Waals surface area contributed by atoms with Crippen LogP contribution in [-0.2, 0) is 10.8 Å². The molecule has 342 valence electrons. The van der Waals surface area contributed by atoms with Crippen LogP contribution in [0.3, 0.4) is 0 Å². The van der Waals surface area contributed by atoms with Crippen LogP contribution in [0.5, 0.6) is 0 Å². The van der Waals surface area contributed by atoms with Gasteiger partial charge in [0.05, 0.1) is 22.7 Å². The Kier molecular flexibility index (Phi) is 9.32. The second-order valence-corrected chi connectivity index (χ2v) is 20.8. The molecule has 0 saturated carbocycles. The lowest BCUT2D eigenvalue weighted by molar-refractivity contribution is 0.632. The minimum Gasteiger partial charge on any atom is -0.310 e. The maximum Gasteiger partial charge on any atom is 0.0502 e. The van der Waals surface area contributed by atoms with Gasteiger partial charge in [-0.2, -0.15) is 0 Å². The van der Waals surface area contributed by atoms with Crippen LogP contribution in [0.4, 0.5) is 34.1 Å². The Morgan fingerprint density at radius 1 is 0.264 bits per heavy atom. The summed E-state index contributed by atoms with van der Waals surface area (Å²) in [6.45, 7) is 9.46. The maximum absolute atomic E-state index is 2.51. The van der Waals surface area contributed by atoms with E-state index in [1.165, 1.54) is 121 Å². The summed E-state index contributed by atoms with van der Waals surface area (Å²) in [6, 6.07) is 91.0. The van der Waals surface area contributed by atoms with E-state index in [2.05, 4.69) is 280 Å². The SMILES string of the molecule is CC1(C)c2ccccc2N(c2ccc3c(-c4cccc5ccccc45)c4cc(N5c6ccccc6C(C)(C)c6ccccc65)ccc4c(-c4ccccc4-c4ccc5ccccc5c4)c3c2)c2ccccc21. The summed E-state index contributed by atoms with van der Waals surface area (Å²) < 4.78 is 0. The van der Waals surface area contributed by atoms with Gasteiger partial charge in [-0.3, -0.25) is 0 Å². The van der Waals surface area contributed by atoms with E-state index in [1.807, 2.05) is 0 Å². The molecule has 12 aromatic rings. The molecule has 2 nitrogen and oxygen atoms in total. The summed E-state index contributed by atoms with van der Waals surface area (Å²) in [5.74, 6) is 0. The fourth-order valence-corrected chi connectivity index (χ4v) is 12.7. The number of fused-ring (bicyclic) bond motifs is 8. The molecule has 0 saturated heterocycles. The fraction of sp³-hybridized carbons (Fsp3) is 0.0857. The van der Waals surface area contributed by atoms with Gasteiger partial charge in [0.25, 0.3) is 0 Å². The third kappa shape index (κ3) is 6.22. The van der Waals surface area contributed by atoms with E-state index in [9.17, 15) is 0 Å². The summed E-state index contributed by atoms with van der Waals surface area (Å²) in [6.07, 6.45) is 0. The van der Waals surface area contributed by atoms with Gasteiger partial charge in [-0.05, 0) is 153 Å². The van der Waals surface area contributed by atoms with Crippen molar-refractivity contribution >= 4 is 77.2 Å². The Labute approximate surface area is 421 Å². The molecule has 2 aliphatic rings. The summed E-state index contributed by atoms with van der Waals surface area (Å²) in [7, 11) is 0. The Bertz CT molecular complexity index is 4090. The third-order valence-electron chi connectivity index (χ3n) is 16.2. The molecule has 0 atom stereocenters. The highest BCUT2D eigenvalue weighted by atomic mass is 15.2. The predicted octanol–water partition coefficient (Wildman–Crippen LogP) is 19.5. The van der Waals surface area contributed by atoms with E-state index >= 15 is 0 Å². The lowest BCUT2D eigenvalue weighted by Crippen LogP contribution is -2.30. The highest BCUT2D eigenvalue weighted by Crippen LogP contribution is 2.56. The number of anilines is 6. The zero-order chi connectivity index (χ0) is 48.3. The largest absolute Gasteiger partial charge is 0.310 e. The Morgan fingerprint density at radius 3 is 1.21 bits per heavy atom. The number of nitrogens with zero attached hydrogens (tertiary/aromatic N) is 2. The molecule has 72 heavy (non-hydrogen) atoms. The normalized spacial score (nSPS) is 14.3. The van der Waals surface area contributed by atoms with Crippen molar-refractivity contribution in [3.05, 3.63) is 265 Å². The van der Waals surface area contributed by atoms with Crippen molar-refractivity contribution in [3.63, 3.8) is 0 Å². The van der Waals surface area contributed by atoms with Crippen molar-refractivity contribution in [2.24, 2.45) is 0 Å². The zero-order valence-corrected chi connectivity index (χ0v) is 41.0. The predicted molar refractivity (Wildman–Crippen MR) is 306 cm³/mol. The molecule has 2 heteroatoms. The molecule has 0 spiro atoms. The summed E-state index contributed by atoms with van der Waals surface area (Å²) in [5.41, 5.74) is 19.3. The molecule has 2 aliphatic heterocycles. The first-order valence-electron chi connectivity index (χ1n) is 25.3. The van der Waals surface area contributed by atoms with Gasteiger partial charge < -0.3 is 9.80 Å². The van der Waals surface area contributed by atoms with Gasteiger partial charge in [-0.1, -0.05) is 216 Å². The second kappa shape index (κ2) is 15.9. The van der Waals surface area contributed by atoms with E-state index < -0.39 is 0 Å². The number of hydrogen-bond donors (Lipinski definition) is 0. The van der Waals surface area contributed by atoms with Crippen LogP contribution in [0, 0.1) is 0 Å². The first kappa shape index (κ1) is 42.2. The van der Waals surface area contributed by atoms with Crippen molar-refractivity contribution in [2.75, 3.05) is 9.80 Å². The van der Waals surface area contributed by atoms with Gasteiger partial charge in [0, 0.05) is 22.2 Å². The van der Waals surface area contributed by atoms with Crippen molar-refractivity contribution in [1.82, 2.24) is 0 Å².